The van der Waals surface area contributed by atoms with Crippen molar-refractivity contribution in [2.75, 3.05) is 26.4 Å². The van der Waals surface area contributed by atoms with Gasteiger partial charge in [0.1, 0.15) is 6.54 Å². The van der Waals surface area contributed by atoms with E-state index in [1.807, 2.05) is 16.0 Å². The van der Waals surface area contributed by atoms with Gasteiger partial charge in [-0.25, -0.2) is 14.4 Å². The molecule has 0 aromatic heterocycles. The molecule has 134 valence electrons. The predicted molar refractivity (Wildman–Crippen MR) is 72.1 cm³/mol. The summed E-state index contributed by atoms with van der Waals surface area (Å²) in [7, 11) is 0. The van der Waals surface area contributed by atoms with E-state index in [0.717, 1.165) is 0 Å². The third-order valence-corrected chi connectivity index (χ3v) is 2.13. The first-order valence-corrected chi connectivity index (χ1v) is 6.72. The highest BCUT2D eigenvalue weighted by molar-refractivity contribution is 5.75. The van der Waals surface area contributed by atoms with Crippen molar-refractivity contribution in [1.82, 2.24) is 21.3 Å². The van der Waals surface area contributed by atoms with E-state index >= 15 is 0 Å². The van der Waals surface area contributed by atoms with E-state index in [0.29, 0.717) is 0 Å². The average Bonchev–Trinajstić information content (AvgIpc) is 2.37. The van der Waals surface area contributed by atoms with Gasteiger partial charge in [-0.3, -0.25) is 16.0 Å². The van der Waals surface area contributed by atoms with Gasteiger partial charge in [-0.05, 0) is 20.8 Å². The van der Waals surface area contributed by atoms with Crippen molar-refractivity contribution in [3.05, 3.63) is 0 Å². The molecule has 0 aromatic carbocycles. The maximum absolute atomic E-state index is 12.7. The third-order valence-electron chi connectivity index (χ3n) is 2.13. The molecule has 12 heteroatoms. The van der Waals surface area contributed by atoms with E-state index in [-0.39, 0.29) is 19.8 Å². The molecule has 23 heavy (non-hydrogen) atoms. The van der Waals surface area contributed by atoms with Crippen molar-refractivity contribution in [3.63, 3.8) is 0 Å². The summed E-state index contributed by atoms with van der Waals surface area (Å²) < 4.78 is 39.1. The zero-order chi connectivity index (χ0) is 17.9. The van der Waals surface area contributed by atoms with Gasteiger partial charge >= 0.3 is 18.3 Å². The van der Waals surface area contributed by atoms with Crippen LogP contribution in [0, 0.1) is 0 Å². The van der Waals surface area contributed by atoms with Crippen LogP contribution < -0.4 is 16.0 Å². The Morgan fingerprint density at radius 2 is 1.13 bits per heavy atom. The minimum absolute atomic E-state index is 0.0598. The average molecular weight is 342 g/mol. The predicted octanol–water partition coefficient (Wildman–Crippen LogP) is 0.950. The summed E-state index contributed by atoms with van der Waals surface area (Å²) >= 11 is 0. The van der Waals surface area contributed by atoms with E-state index in [1.54, 1.807) is 0 Å². The molecular formula is C11H20F2N4O6. The fourth-order valence-corrected chi connectivity index (χ4v) is 1.42. The molecule has 0 saturated carbocycles. The zero-order valence-corrected chi connectivity index (χ0v) is 13.0. The second-order valence-electron chi connectivity index (χ2n) is 3.90. The van der Waals surface area contributed by atoms with Gasteiger partial charge in [0.05, 0.1) is 19.8 Å². The van der Waals surface area contributed by atoms with Crippen molar-refractivity contribution in [3.8, 4) is 0 Å². The Hall–Kier alpha value is -2.37. The fourth-order valence-electron chi connectivity index (χ4n) is 1.42. The lowest BCUT2D eigenvalue weighted by molar-refractivity contribution is -0.171. The minimum Gasteiger partial charge on any atom is -0.450 e. The van der Waals surface area contributed by atoms with Crippen LogP contribution in [-0.2, 0) is 14.2 Å². The van der Waals surface area contributed by atoms with Gasteiger partial charge in [0.15, 0.2) is 0 Å². The van der Waals surface area contributed by atoms with Crippen LogP contribution in [0.1, 0.15) is 20.8 Å². The first kappa shape index (κ1) is 20.6. The largest absolute Gasteiger partial charge is 0.450 e. The van der Waals surface area contributed by atoms with Crippen LogP contribution in [0.25, 0.3) is 0 Å². The number of rotatable bonds is 8. The topological polar surface area (TPSA) is 118 Å². The summed E-state index contributed by atoms with van der Waals surface area (Å²) in [5, 5.41) is 4.45. The second-order valence-corrected chi connectivity index (χ2v) is 3.90. The molecule has 0 aromatic rings. The van der Waals surface area contributed by atoms with E-state index in [2.05, 4.69) is 14.2 Å². The van der Waals surface area contributed by atoms with Gasteiger partial charge in [0.2, 0.25) is 5.79 Å². The van der Waals surface area contributed by atoms with Gasteiger partial charge in [-0.15, -0.1) is 8.96 Å². The Morgan fingerprint density at radius 1 is 0.826 bits per heavy atom. The number of alkyl carbamates (subject to hydrolysis) is 3. The SMILES string of the molecule is CCOC(=O)NC(CN(F)F)(NC(=O)OCC)NC(=O)OCC. The lowest BCUT2D eigenvalue weighted by atomic mass is 10.3. The van der Waals surface area contributed by atoms with Crippen molar-refractivity contribution < 1.29 is 37.6 Å². The molecule has 0 radical (unpaired) electrons. The van der Waals surface area contributed by atoms with Crippen LogP contribution in [0.5, 0.6) is 0 Å². The zero-order valence-electron chi connectivity index (χ0n) is 13.0. The van der Waals surface area contributed by atoms with E-state index in [9.17, 15) is 23.3 Å². The standard InChI is InChI=1S/C11H20F2N4O6/c1-4-21-8(18)14-11(7-17(12)13,15-9(19)22-5-2)16-10(20)23-6-3/h4-7H2,1-3H3,(H,14,18)(H,15,19)(H,16,20). The summed E-state index contributed by atoms with van der Waals surface area (Å²) in [6.07, 6.45) is -3.45. The molecule has 0 spiro atoms. The van der Waals surface area contributed by atoms with Crippen LogP contribution >= 0.6 is 0 Å². The normalized spacial score (nSPS) is 10.7. The van der Waals surface area contributed by atoms with Gasteiger partial charge in [-0.2, -0.15) is 0 Å². The number of hydrogen-bond donors (Lipinski definition) is 3. The number of carbonyl (C=O) groups is 3. The Balaban J connectivity index is 5.36. The Kier molecular flexibility index (Phi) is 9.30. The molecule has 0 atom stereocenters. The number of amides is 3. The number of carbonyl (C=O) groups excluding carboxylic acids is 3. The molecule has 0 fully saturated rings. The van der Waals surface area contributed by atoms with Crippen LogP contribution in [0.3, 0.4) is 0 Å². The molecule has 0 rings (SSSR count). The molecular weight excluding hydrogens is 322 g/mol. The molecule has 0 heterocycles. The van der Waals surface area contributed by atoms with Crippen LogP contribution in [0.15, 0.2) is 0 Å². The monoisotopic (exact) mass is 342 g/mol. The van der Waals surface area contributed by atoms with Crippen molar-refractivity contribution in [2.24, 2.45) is 0 Å². The van der Waals surface area contributed by atoms with Gasteiger partial charge in [0, 0.05) is 5.34 Å². The first-order valence-electron chi connectivity index (χ1n) is 6.72. The molecule has 0 unspecified atom stereocenters. The third kappa shape index (κ3) is 8.60. The van der Waals surface area contributed by atoms with Crippen molar-refractivity contribution in [1.29, 1.82) is 0 Å². The molecule has 0 aliphatic carbocycles. The smallest absolute Gasteiger partial charge is 0.410 e. The van der Waals surface area contributed by atoms with E-state index in [4.69, 9.17) is 0 Å². The van der Waals surface area contributed by atoms with E-state index < -0.39 is 36.0 Å². The van der Waals surface area contributed by atoms with Crippen LogP contribution in [-0.4, -0.2) is 55.8 Å². The van der Waals surface area contributed by atoms with Crippen molar-refractivity contribution >= 4 is 18.3 Å². The van der Waals surface area contributed by atoms with Gasteiger partial charge in [-0.1, -0.05) is 0 Å². The Morgan fingerprint density at radius 3 is 1.35 bits per heavy atom. The molecule has 0 aliphatic heterocycles. The van der Waals surface area contributed by atoms with Crippen LogP contribution in [0.2, 0.25) is 0 Å². The quantitative estimate of drug-likeness (QED) is 0.341. The molecule has 10 nitrogen and oxygen atoms in total. The van der Waals surface area contributed by atoms with E-state index in [1.165, 1.54) is 20.8 Å². The lowest BCUT2D eigenvalue weighted by Crippen LogP contribution is -2.73. The van der Waals surface area contributed by atoms with Gasteiger partial charge < -0.3 is 14.2 Å². The highest BCUT2D eigenvalue weighted by Gasteiger charge is 2.40. The fraction of sp³-hybridized carbons (Fsp3) is 0.727. The maximum atomic E-state index is 12.7. The minimum atomic E-state index is -2.41. The van der Waals surface area contributed by atoms with Crippen molar-refractivity contribution in [2.45, 2.75) is 26.6 Å². The van der Waals surface area contributed by atoms with Gasteiger partial charge in [0.25, 0.3) is 0 Å². The molecule has 0 saturated heterocycles. The maximum Gasteiger partial charge on any atom is 0.410 e. The molecule has 0 aliphatic rings. The highest BCUT2D eigenvalue weighted by Crippen LogP contribution is 2.05. The second kappa shape index (κ2) is 10.4. The summed E-state index contributed by atoms with van der Waals surface area (Å²) in [4.78, 5) is 34.6. The lowest BCUT2D eigenvalue weighted by Gasteiger charge is -2.34. The Bertz CT molecular complexity index is 360. The number of halogens is 2. The summed E-state index contributed by atoms with van der Waals surface area (Å²) in [6, 6.07) is 0. The summed E-state index contributed by atoms with van der Waals surface area (Å²) in [6.45, 7) is 2.96. The first-order chi connectivity index (χ1) is 10.8. The highest BCUT2D eigenvalue weighted by atomic mass is 19.4. The number of hydrogen-bond acceptors (Lipinski definition) is 7. The molecule has 0 bridgehead atoms. The number of nitrogens with one attached hydrogen (secondary N) is 3. The summed E-state index contributed by atoms with van der Waals surface area (Å²) in [5.74, 6) is -2.41. The summed E-state index contributed by atoms with van der Waals surface area (Å²) in [5.41, 5.74) is 0. The Labute approximate surface area is 131 Å². The molecule has 3 N–H and O–H groups in total. The van der Waals surface area contributed by atoms with Crippen LogP contribution in [0.4, 0.5) is 23.3 Å². The number of nitrogens with zero attached hydrogens (tertiary/aromatic N) is 1. The molecule has 3 amide bonds. The number of ether oxygens (including phenoxy) is 3.